The third-order valence-corrected chi connectivity index (χ3v) is 5.45. The zero-order valence-corrected chi connectivity index (χ0v) is 16.3. The summed E-state index contributed by atoms with van der Waals surface area (Å²) in [6, 6.07) is 8.60. The van der Waals surface area contributed by atoms with Crippen molar-refractivity contribution in [3.05, 3.63) is 29.8 Å². The van der Waals surface area contributed by atoms with Gasteiger partial charge in [-0.2, -0.15) is 4.58 Å². The van der Waals surface area contributed by atoms with Gasteiger partial charge in [-0.3, -0.25) is 4.79 Å². The van der Waals surface area contributed by atoms with Crippen LogP contribution in [-0.2, 0) is 19.7 Å². The third-order valence-electron chi connectivity index (χ3n) is 5.45. The molecule has 0 radical (unpaired) electrons. The maximum Gasteiger partial charge on any atom is 0.303 e. The maximum absolute atomic E-state index is 10.7. The van der Waals surface area contributed by atoms with Crippen molar-refractivity contribution in [3.63, 3.8) is 0 Å². The Kier molecular flexibility index (Phi) is 7.79. The van der Waals surface area contributed by atoms with E-state index in [1.165, 1.54) is 17.0 Å². The van der Waals surface area contributed by atoms with Crippen LogP contribution in [0.1, 0.15) is 51.5 Å². The highest BCUT2D eigenvalue weighted by atomic mass is 16.5. The lowest BCUT2D eigenvalue weighted by atomic mass is 9.76. The smallest absolute Gasteiger partial charge is 0.303 e. The number of unbranched alkanes of at least 4 members (excludes halogenated alkanes) is 2. The van der Waals surface area contributed by atoms with Gasteiger partial charge in [0.15, 0.2) is 12.3 Å². The van der Waals surface area contributed by atoms with E-state index in [0.717, 1.165) is 32.2 Å². The van der Waals surface area contributed by atoms with Gasteiger partial charge in [0, 0.05) is 32.1 Å². The van der Waals surface area contributed by atoms with Crippen molar-refractivity contribution in [2.75, 3.05) is 33.5 Å². The van der Waals surface area contributed by atoms with Crippen LogP contribution < -0.4 is 0 Å². The monoisotopic (exact) mass is 362 g/mol. The van der Waals surface area contributed by atoms with E-state index in [0.29, 0.717) is 19.8 Å². The number of methoxy groups -OCH3 is 1. The number of carboxylic acid groups (broad SMARTS) is 1. The highest BCUT2D eigenvalue weighted by Crippen LogP contribution is 2.42. The number of benzene rings is 1. The Morgan fingerprint density at radius 2 is 1.92 bits per heavy atom. The number of hydrogen-bond donors (Lipinski definition) is 1. The van der Waals surface area contributed by atoms with Gasteiger partial charge in [0.05, 0.1) is 18.6 Å². The largest absolute Gasteiger partial charge is 0.481 e. The molecule has 1 aliphatic heterocycles. The highest BCUT2D eigenvalue weighted by molar-refractivity contribution is 5.93. The van der Waals surface area contributed by atoms with E-state index in [1.807, 2.05) is 0 Å². The van der Waals surface area contributed by atoms with Crippen LogP contribution in [0.4, 0.5) is 5.69 Å². The number of fused-ring (bicyclic) bond motifs is 1. The summed E-state index contributed by atoms with van der Waals surface area (Å²) >= 11 is 0. The van der Waals surface area contributed by atoms with E-state index in [1.54, 1.807) is 7.11 Å². The number of carbonyl (C=O) groups is 1. The Balaban J connectivity index is 2.03. The van der Waals surface area contributed by atoms with E-state index in [4.69, 9.17) is 14.6 Å². The van der Waals surface area contributed by atoms with Crippen molar-refractivity contribution in [1.29, 1.82) is 0 Å². The maximum atomic E-state index is 10.7. The van der Waals surface area contributed by atoms with Crippen molar-refractivity contribution < 1.29 is 24.0 Å². The molecule has 2 rings (SSSR count). The Hall–Kier alpha value is -1.72. The normalized spacial score (nSPS) is 19.0. The van der Waals surface area contributed by atoms with Crippen LogP contribution >= 0.6 is 0 Å². The second kappa shape index (κ2) is 9.83. The Morgan fingerprint density at radius 1 is 1.15 bits per heavy atom. The lowest BCUT2D eigenvalue weighted by Crippen LogP contribution is -2.31. The number of ether oxygens (including phenoxy) is 2. The summed E-state index contributed by atoms with van der Waals surface area (Å²) in [5.41, 5.74) is 4.00. The first kappa shape index (κ1) is 20.6. The zero-order valence-electron chi connectivity index (χ0n) is 16.3. The molecular weight excluding hydrogens is 330 g/mol. The molecule has 1 atom stereocenters. The van der Waals surface area contributed by atoms with Gasteiger partial charge in [0.2, 0.25) is 5.69 Å². The lowest BCUT2D eigenvalue weighted by molar-refractivity contribution is -0.443. The molecule has 1 N–H and O–H groups in total. The minimum atomic E-state index is -0.704. The van der Waals surface area contributed by atoms with Gasteiger partial charge in [-0.15, -0.1) is 0 Å². The summed E-state index contributed by atoms with van der Waals surface area (Å²) in [5.74, 6) is -0.704. The summed E-state index contributed by atoms with van der Waals surface area (Å²) < 4.78 is 13.1. The fraction of sp³-hybridized carbons (Fsp3) is 0.619. The third kappa shape index (κ3) is 4.92. The van der Waals surface area contributed by atoms with Crippen molar-refractivity contribution in [2.24, 2.45) is 0 Å². The van der Waals surface area contributed by atoms with Crippen LogP contribution in [0.2, 0.25) is 0 Å². The van der Waals surface area contributed by atoms with E-state index >= 15 is 0 Å². The molecule has 0 saturated carbocycles. The van der Waals surface area contributed by atoms with E-state index in [2.05, 4.69) is 42.7 Å². The number of hydrogen-bond acceptors (Lipinski definition) is 3. The molecule has 1 aromatic carbocycles. The first-order valence-electron chi connectivity index (χ1n) is 9.50. The van der Waals surface area contributed by atoms with Gasteiger partial charge in [-0.1, -0.05) is 31.0 Å². The molecule has 1 unspecified atom stereocenters. The fourth-order valence-electron chi connectivity index (χ4n) is 3.78. The summed E-state index contributed by atoms with van der Waals surface area (Å²) in [7, 11) is 1.68. The predicted molar refractivity (Wildman–Crippen MR) is 103 cm³/mol. The van der Waals surface area contributed by atoms with Gasteiger partial charge in [0.25, 0.3) is 0 Å². The molecule has 0 aromatic heterocycles. The van der Waals surface area contributed by atoms with Crippen LogP contribution in [-0.4, -0.2) is 54.8 Å². The first-order chi connectivity index (χ1) is 12.5. The molecule has 0 amide bonds. The molecule has 26 heavy (non-hydrogen) atoms. The van der Waals surface area contributed by atoms with Gasteiger partial charge >= 0.3 is 5.97 Å². The number of nitrogens with zero attached hydrogens (tertiary/aromatic N) is 1. The molecule has 5 heteroatoms. The standard InChI is InChI=1S/C21H31NO4/c1-17-21(2,12-8-4-5-11-20(23)24)18-9-6-7-10-19(18)22(17)13-14-26-16-15-25-3/h6-7,9-10H,4-5,8,11-16H2,1-3H3/p+1. The first-order valence-corrected chi connectivity index (χ1v) is 9.50. The molecule has 0 aliphatic carbocycles. The van der Waals surface area contributed by atoms with Crippen molar-refractivity contribution in [1.82, 2.24) is 0 Å². The molecule has 0 saturated heterocycles. The molecule has 0 spiro atoms. The SMILES string of the molecule is COCCOCC[N+]1=C(C)C(C)(CCCCCC(=O)O)c2ccccc21. The van der Waals surface area contributed by atoms with Gasteiger partial charge in [-0.25, -0.2) is 0 Å². The van der Waals surface area contributed by atoms with Crippen molar-refractivity contribution in [3.8, 4) is 0 Å². The quantitative estimate of drug-likeness (QED) is 0.454. The lowest BCUT2D eigenvalue weighted by Gasteiger charge is -2.22. The van der Waals surface area contributed by atoms with Crippen LogP contribution in [0.5, 0.6) is 0 Å². The topological polar surface area (TPSA) is 58.8 Å². The Labute approximate surface area is 156 Å². The minimum absolute atomic E-state index is 0.00630. The summed E-state index contributed by atoms with van der Waals surface area (Å²) in [6.45, 7) is 7.26. The van der Waals surface area contributed by atoms with E-state index < -0.39 is 5.97 Å². The summed E-state index contributed by atoms with van der Waals surface area (Å²) in [4.78, 5) is 10.7. The molecule has 5 nitrogen and oxygen atoms in total. The average molecular weight is 362 g/mol. The van der Waals surface area contributed by atoms with Crippen LogP contribution in [0.3, 0.4) is 0 Å². The number of rotatable bonds is 12. The van der Waals surface area contributed by atoms with Crippen molar-refractivity contribution >= 4 is 17.4 Å². The molecule has 0 fully saturated rings. The van der Waals surface area contributed by atoms with Gasteiger partial charge in [0.1, 0.15) is 6.61 Å². The molecule has 144 valence electrons. The van der Waals surface area contributed by atoms with Gasteiger partial charge < -0.3 is 14.6 Å². The molecule has 1 aromatic rings. The zero-order chi connectivity index (χ0) is 19.0. The second-order valence-electron chi connectivity index (χ2n) is 7.15. The van der Waals surface area contributed by atoms with E-state index in [9.17, 15) is 4.79 Å². The molecule has 1 aliphatic rings. The summed E-state index contributed by atoms with van der Waals surface area (Å²) in [5, 5.41) is 8.79. The minimum Gasteiger partial charge on any atom is -0.481 e. The number of aliphatic carboxylic acids is 1. The molecule has 0 bridgehead atoms. The second-order valence-corrected chi connectivity index (χ2v) is 7.15. The number of para-hydroxylation sites is 1. The average Bonchev–Trinajstić information content (AvgIpc) is 2.83. The highest BCUT2D eigenvalue weighted by Gasteiger charge is 2.45. The Bertz CT molecular complexity index is 641. The molecular formula is C21H32NO4+. The van der Waals surface area contributed by atoms with Crippen molar-refractivity contribution in [2.45, 2.75) is 51.4 Å². The fourth-order valence-corrected chi connectivity index (χ4v) is 3.78. The predicted octanol–water partition coefficient (Wildman–Crippen LogP) is 3.76. The van der Waals surface area contributed by atoms with Crippen LogP contribution in [0.25, 0.3) is 0 Å². The van der Waals surface area contributed by atoms with Crippen LogP contribution in [0, 0.1) is 0 Å². The number of carboxylic acids is 1. The molecule has 1 heterocycles. The van der Waals surface area contributed by atoms with E-state index in [-0.39, 0.29) is 11.8 Å². The van der Waals surface area contributed by atoms with Crippen LogP contribution in [0.15, 0.2) is 24.3 Å². The Morgan fingerprint density at radius 3 is 2.65 bits per heavy atom. The van der Waals surface area contributed by atoms with Gasteiger partial charge in [-0.05, 0) is 19.8 Å². The summed E-state index contributed by atoms with van der Waals surface area (Å²) in [6.07, 6.45) is 4.05.